The van der Waals surface area contributed by atoms with Crippen molar-refractivity contribution < 1.29 is 4.39 Å². The Hall–Kier alpha value is -2.04. The maximum atomic E-state index is 13.1. The lowest BCUT2D eigenvalue weighted by Crippen LogP contribution is -2.05. The van der Waals surface area contributed by atoms with Gasteiger partial charge in [-0.2, -0.15) is 5.10 Å². The van der Waals surface area contributed by atoms with Gasteiger partial charge >= 0.3 is 0 Å². The first-order valence-electron chi connectivity index (χ1n) is 7.66. The van der Waals surface area contributed by atoms with Crippen LogP contribution in [0.25, 0.3) is 5.69 Å². The molecule has 0 bridgehead atoms. The molecule has 0 radical (unpaired) electrons. The number of nitrogens with zero attached hydrogens (tertiary/aromatic N) is 2. The van der Waals surface area contributed by atoms with Crippen LogP contribution in [0.15, 0.2) is 42.5 Å². The number of aromatic nitrogens is 2. The Morgan fingerprint density at radius 3 is 2.50 bits per heavy atom. The van der Waals surface area contributed by atoms with Crippen molar-refractivity contribution in [2.24, 2.45) is 0 Å². The van der Waals surface area contributed by atoms with E-state index in [1.165, 1.54) is 17.7 Å². The van der Waals surface area contributed by atoms with Gasteiger partial charge in [0.25, 0.3) is 0 Å². The molecule has 0 aliphatic carbocycles. The van der Waals surface area contributed by atoms with Crippen LogP contribution in [-0.4, -0.2) is 16.3 Å². The molecule has 2 heterocycles. The van der Waals surface area contributed by atoms with Gasteiger partial charge in [-0.1, -0.05) is 35.3 Å². The average molecular weight is 362 g/mol. The van der Waals surface area contributed by atoms with Gasteiger partial charge in [-0.15, -0.1) is 0 Å². The second kappa shape index (κ2) is 6.11. The summed E-state index contributed by atoms with van der Waals surface area (Å²) >= 11 is 12.2. The van der Waals surface area contributed by atoms with E-state index >= 15 is 0 Å². The Balaban J connectivity index is 1.76. The van der Waals surface area contributed by atoms with Gasteiger partial charge in [0.1, 0.15) is 11.6 Å². The number of fused-ring (bicyclic) bond motifs is 1. The molecule has 0 spiro atoms. The monoisotopic (exact) mass is 361 g/mol. The van der Waals surface area contributed by atoms with E-state index in [0.29, 0.717) is 16.5 Å². The molecule has 0 amide bonds. The molecule has 1 N–H and O–H groups in total. The topological polar surface area (TPSA) is 29.9 Å². The maximum Gasteiger partial charge on any atom is 0.133 e. The first-order valence-corrected chi connectivity index (χ1v) is 8.41. The molecule has 2 aromatic carbocycles. The fraction of sp³-hybridized carbons (Fsp3) is 0.167. The standard InChI is InChI=1S/C18H14Cl2FN3/c19-12-8-13(20)10-15(9-12)24-18-16(5-6-22-18)17(23-24)7-11-1-3-14(21)4-2-11/h1-4,8-10,22H,5-7H2. The van der Waals surface area contributed by atoms with Gasteiger partial charge in [0.15, 0.2) is 0 Å². The molecule has 0 saturated carbocycles. The molecule has 24 heavy (non-hydrogen) atoms. The third-order valence-electron chi connectivity index (χ3n) is 4.11. The zero-order chi connectivity index (χ0) is 16.7. The average Bonchev–Trinajstić information content (AvgIpc) is 3.12. The van der Waals surface area contributed by atoms with Gasteiger partial charge < -0.3 is 5.32 Å². The highest BCUT2D eigenvalue weighted by Crippen LogP contribution is 2.31. The fourth-order valence-electron chi connectivity index (χ4n) is 3.03. The summed E-state index contributed by atoms with van der Waals surface area (Å²) < 4.78 is 14.9. The molecule has 0 atom stereocenters. The summed E-state index contributed by atoms with van der Waals surface area (Å²) in [6.07, 6.45) is 1.58. The van der Waals surface area contributed by atoms with Gasteiger partial charge in [0.2, 0.25) is 0 Å². The molecule has 0 saturated heterocycles. The van der Waals surface area contributed by atoms with Crippen molar-refractivity contribution in [1.82, 2.24) is 9.78 Å². The molecular formula is C18H14Cl2FN3. The predicted molar refractivity (Wildman–Crippen MR) is 95.0 cm³/mol. The summed E-state index contributed by atoms with van der Waals surface area (Å²) in [4.78, 5) is 0. The van der Waals surface area contributed by atoms with Crippen molar-refractivity contribution >= 4 is 29.0 Å². The van der Waals surface area contributed by atoms with Crippen molar-refractivity contribution in [1.29, 1.82) is 0 Å². The first kappa shape index (κ1) is 15.5. The fourth-order valence-corrected chi connectivity index (χ4v) is 3.55. The van der Waals surface area contributed by atoms with E-state index in [1.807, 2.05) is 16.8 Å². The molecule has 1 aliphatic rings. The Bertz CT molecular complexity index is 883. The normalized spacial score (nSPS) is 13.0. The third kappa shape index (κ3) is 2.87. The van der Waals surface area contributed by atoms with E-state index in [4.69, 9.17) is 28.3 Å². The summed E-state index contributed by atoms with van der Waals surface area (Å²) in [5, 5.41) is 9.26. The number of nitrogens with one attached hydrogen (secondary N) is 1. The van der Waals surface area contributed by atoms with Crippen LogP contribution in [0.4, 0.5) is 10.2 Å². The minimum Gasteiger partial charge on any atom is -0.369 e. The lowest BCUT2D eigenvalue weighted by atomic mass is 10.1. The Labute approximate surface area is 149 Å². The molecule has 0 fully saturated rings. The van der Waals surface area contributed by atoms with Crippen LogP contribution in [0.1, 0.15) is 16.8 Å². The Morgan fingerprint density at radius 1 is 1.08 bits per heavy atom. The van der Waals surface area contributed by atoms with Crippen molar-refractivity contribution in [3.63, 3.8) is 0 Å². The van der Waals surface area contributed by atoms with E-state index in [0.717, 1.165) is 35.7 Å². The quantitative estimate of drug-likeness (QED) is 0.720. The second-order valence-corrected chi connectivity index (χ2v) is 6.67. The Kier molecular flexibility index (Phi) is 3.94. The lowest BCUT2D eigenvalue weighted by molar-refractivity contribution is 0.627. The largest absolute Gasteiger partial charge is 0.369 e. The highest BCUT2D eigenvalue weighted by atomic mass is 35.5. The molecular weight excluding hydrogens is 348 g/mol. The van der Waals surface area contributed by atoms with Crippen LogP contribution >= 0.6 is 23.2 Å². The predicted octanol–water partition coefficient (Wildman–Crippen LogP) is 4.88. The van der Waals surface area contributed by atoms with Crippen LogP contribution < -0.4 is 5.32 Å². The van der Waals surface area contributed by atoms with Crippen molar-refractivity contribution in [2.45, 2.75) is 12.8 Å². The van der Waals surface area contributed by atoms with E-state index in [2.05, 4.69) is 5.32 Å². The third-order valence-corrected chi connectivity index (χ3v) is 4.55. The number of rotatable bonds is 3. The van der Waals surface area contributed by atoms with Crippen LogP contribution in [0.5, 0.6) is 0 Å². The van der Waals surface area contributed by atoms with E-state index in [9.17, 15) is 4.39 Å². The van der Waals surface area contributed by atoms with Gasteiger partial charge in [0.05, 0.1) is 11.4 Å². The van der Waals surface area contributed by atoms with E-state index in [1.54, 1.807) is 18.2 Å². The van der Waals surface area contributed by atoms with Gasteiger partial charge in [-0.25, -0.2) is 9.07 Å². The zero-order valence-corrected chi connectivity index (χ0v) is 14.2. The summed E-state index contributed by atoms with van der Waals surface area (Å²) in [5.74, 6) is 0.746. The Morgan fingerprint density at radius 2 is 1.79 bits per heavy atom. The summed E-state index contributed by atoms with van der Waals surface area (Å²) in [6.45, 7) is 0.873. The molecule has 0 unspecified atom stereocenters. The molecule has 1 aromatic heterocycles. The minimum atomic E-state index is -0.232. The SMILES string of the molecule is Fc1ccc(Cc2nn(-c3cc(Cl)cc(Cl)c3)c3c2CCN3)cc1. The molecule has 1 aliphatic heterocycles. The molecule has 3 aromatic rings. The summed E-state index contributed by atoms with van der Waals surface area (Å²) in [7, 11) is 0. The zero-order valence-electron chi connectivity index (χ0n) is 12.7. The number of halogens is 3. The van der Waals surface area contributed by atoms with Crippen molar-refractivity contribution in [2.75, 3.05) is 11.9 Å². The van der Waals surface area contributed by atoms with Crippen LogP contribution in [0, 0.1) is 5.82 Å². The van der Waals surface area contributed by atoms with Crippen LogP contribution in [-0.2, 0) is 12.8 Å². The molecule has 3 nitrogen and oxygen atoms in total. The summed E-state index contributed by atoms with van der Waals surface area (Å²) in [6, 6.07) is 11.9. The van der Waals surface area contributed by atoms with Crippen LogP contribution in [0.3, 0.4) is 0 Å². The maximum absolute atomic E-state index is 13.1. The van der Waals surface area contributed by atoms with Gasteiger partial charge in [0, 0.05) is 28.6 Å². The second-order valence-electron chi connectivity index (χ2n) is 5.79. The number of benzene rings is 2. The van der Waals surface area contributed by atoms with E-state index in [-0.39, 0.29) is 5.82 Å². The van der Waals surface area contributed by atoms with Crippen molar-refractivity contribution in [3.8, 4) is 5.69 Å². The minimum absolute atomic E-state index is 0.232. The molecule has 122 valence electrons. The summed E-state index contributed by atoms with van der Waals surface area (Å²) in [5.41, 5.74) is 4.02. The number of anilines is 1. The highest BCUT2D eigenvalue weighted by Gasteiger charge is 2.23. The van der Waals surface area contributed by atoms with Crippen LogP contribution in [0.2, 0.25) is 10.0 Å². The lowest BCUT2D eigenvalue weighted by Gasteiger charge is -2.07. The van der Waals surface area contributed by atoms with Gasteiger partial charge in [-0.3, -0.25) is 0 Å². The number of hydrogen-bond donors (Lipinski definition) is 1. The van der Waals surface area contributed by atoms with Gasteiger partial charge in [-0.05, 0) is 42.3 Å². The van der Waals surface area contributed by atoms with Crippen molar-refractivity contribution in [3.05, 3.63) is 75.1 Å². The first-order chi connectivity index (χ1) is 11.6. The molecule has 6 heteroatoms. The van der Waals surface area contributed by atoms with E-state index < -0.39 is 0 Å². The molecule has 4 rings (SSSR count). The number of hydrogen-bond acceptors (Lipinski definition) is 2. The highest BCUT2D eigenvalue weighted by molar-refractivity contribution is 6.34. The smallest absolute Gasteiger partial charge is 0.133 e.